The Morgan fingerprint density at radius 2 is 2.06 bits per heavy atom. The number of anilines is 1. The molecule has 0 bridgehead atoms. The maximum atomic E-state index is 6.21. The van der Waals surface area contributed by atoms with Gasteiger partial charge in [-0.25, -0.2) is 9.97 Å². The average Bonchev–Trinajstić information content (AvgIpc) is 2.92. The predicted octanol–water partition coefficient (Wildman–Crippen LogP) is 2.49. The fraction of sp³-hybridized carbons (Fsp3) is 0.538. The van der Waals surface area contributed by atoms with Gasteiger partial charge in [0, 0.05) is 19.0 Å². The molecule has 0 aliphatic rings. The zero-order valence-corrected chi connectivity index (χ0v) is 11.5. The van der Waals surface area contributed by atoms with Crippen molar-refractivity contribution in [1.82, 2.24) is 19.1 Å². The van der Waals surface area contributed by atoms with Gasteiger partial charge in [0.05, 0.1) is 18.2 Å². The number of aromatic nitrogens is 4. The van der Waals surface area contributed by atoms with Crippen LogP contribution >= 0.6 is 0 Å². The van der Waals surface area contributed by atoms with Crippen molar-refractivity contribution in [3.63, 3.8) is 0 Å². The predicted molar refractivity (Wildman–Crippen MR) is 73.3 cm³/mol. The molecule has 2 N–H and O–H groups in total. The molecule has 2 aromatic heterocycles. The Morgan fingerprint density at radius 3 is 2.56 bits per heavy atom. The molecule has 0 saturated heterocycles. The second-order valence-corrected chi connectivity index (χ2v) is 4.64. The number of nitrogen functional groups attached to an aromatic ring is 1. The fourth-order valence-corrected chi connectivity index (χ4v) is 2.22. The van der Waals surface area contributed by atoms with Crippen molar-refractivity contribution in [3.05, 3.63) is 18.3 Å². The molecule has 5 nitrogen and oxygen atoms in total. The molecule has 0 fully saturated rings. The highest BCUT2D eigenvalue weighted by atomic mass is 15.2. The van der Waals surface area contributed by atoms with Gasteiger partial charge in [-0.1, -0.05) is 6.92 Å². The van der Waals surface area contributed by atoms with Gasteiger partial charge in [-0.2, -0.15) is 0 Å². The van der Waals surface area contributed by atoms with Crippen molar-refractivity contribution >= 4 is 5.82 Å². The van der Waals surface area contributed by atoms with Crippen LogP contribution in [0, 0.1) is 0 Å². The van der Waals surface area contributed by atoms with Crippen molar-refractivity contribution < 1.29 is 0 Å². The standard InChI is InChI=1S/C13H21N5/c1-5-11-16-12(13(14)17(11)6-2)10-7-15-8-18(10)9(3)4/h7-9H,5-6,14H2,1-4H3. The summed E-state index contributed by atoms with van der Waals surface area (Å²) in [5.41, 5.74) is 8.05. The summed E-state index contributed by atoms with van der Waals surface area (Å²) in [5.74, 6) is 1.76. The van der Waals surface area contributed by atoms with Crippen LogP contribution in [-0.4, -0.2) is 19.1 Å². The molecule has 2 heterocycles. The lowest BCUT2D eigenvalue weighted by Gasteiger charge is -2.10. The summed E-state index contributed by atoms with van der Waals surface area (Å²) in [7, 11) is 0. The van der Waals surface area contributed by atoms with Crippen LogP contribution in [0.1, 0.15) is 39.6 Å². The van der Waals surface area contributed by atoms with E-state index in [0.717, 1.165) is 36.0 Å². The van der Waals surface area contributed by atoms with Gasteiger partial charge < -0.3 is 14.9 Å². The Kier molecular flexibility index (Phi) is 3.41. The van der Waals surface area contributed by atoms with E-state index in [9.17, 15) is 0 Å². The number of rotatable bonds is 4. The van der Waals surface area contributed by atoms with Gasteiger partial charge in [-0.3, -0.25) is 0 Å². The maximum absolute atomic E-state index is 6.21. The van der Waals surface area contributed by atoms with Crippen LogP contribution in [0.25, 0.3) is 11.4 Å². The minimum absolute atomic E-state index is 0.346. The van der Waals surface area contributed by atoms with Gasteiger partial charge >= 0.3 is 0 Å². The Balaban J connectivity index is 2.57. The smallest absolute Gasteiger partial charge is 0.133 e. The normalized spacial score (nSPS) is 11.4. The van der Waals surface area contributed by atoms with Crippen LogP contribution in [0.15, 0.2) is 12.5 Å². The summed E-state index contributed by atoms with van der Waals surface area (Å²) in [6.07, 6.45) is 4.54. The first-order chi connectivity index (χ1) is 8.60. The molecule has 0 aliphatic carbocycles. The van der Waals surface area contributed by atoms with Crippen molar-refractivity contribution in [2.75, 3.05) is 5.73 Å². The molecule has 0 saturated carbocycles. The van der Waals surface area contributed by atoms with Crippen molar-refractivity contribution in [3.8, 4) is 11.4 Å². The van der Waals surface area contributed by atoms with E-state index >= 15 is 0 Å². The molecule has 2 aromatic rings. The number of nitrogens with zero attached hydrogens (tertiary/aromatic N) is 4. The summed E-state index contributed by atoms with van der Waals surface area (Å²) < 4.78 is 4.16. The lowest BCUT2D eigenvalue weighted by Crippen LogP contribution is -2.05. The second-order valence-electron chi connectivity index (χ2n) is 4.64. The lowest BCUT2D eigenvalue weighted by molar-refractivity contribution is 0.604. The van der Waals surface area contributed by atoms with Gasteiger partial charge in [0.25, 0.3) is 0 Å². The highest BCUT2D eigenvalue weighted by Gasteiger charge is 2.18. The largest absolute Gasteiger partial charge is 0.383 e. The molecule has 18 heavy (non-hydrogen) atoms. The average molecular weight is 247 g/mol. The topological polar surface area (TPSA) is 61.7 Å². The van der Waals surface area contributed by atoms with Crippen LogP contribution in [-0.2, 0) is 13.0 Å². The summed E-state index contributed by atoms with van der Waals surface area (Å²) in [6, 6.07) is 0.346. The fourth-order valence-electron chi connectivity index (χ4n) is 2.22. The molecule has 2 rings (SSSR count). The molecule has 0 aliphatic heterocycles. The van der Waals surface area contributed by atoms with Crippen molar-refractivity contribution in [2.45, 2.75) is 46.7 Å². The highest BCUT2D eigenvalue weighted by molar-refractivity contribution is 5.68. The summed E-state index contributed by atoms with van der Waals surface area (Å²) in [6.45, 7) is 9.27. The zero-order chi connectivity index (χ0) is 13.3. The van der Waals surface area contributed by atoms with E-state index in [1.54, 1.807) is 0 Å². The molecular weight excluding hydrogens is 226 g/mol. The third kappa shape index (κ3) is 1.89. The van der Waals surface area contributed by atoms with E-state index in [2.05, 4.69) is 46.8 Å². The number of hydrogen-bond donors (Lipinski definition) is 1. The molecule has 0 radical (unpaired) electrons. The first-order valence-electron chi connectivity index (χ1n) is 6.47. The molecule has 0 atom stereocenters. The van der Waals surface area contributed by atoms with Crippen LogP contribution in [0.5, 0.6) is 0 Å². The van der Waals surface area contributed by atoms with Crippen molar-refractivity contribution in [1.29, 1.82) is 0 Å². The number of imidazole rings is 2. The minimum Gasteiger partial charge on any atom is -0.383 e. The van der Waals surface area contributed by atoms with Gasteiger partial charge in [-0.15, -0.1) is 0 Å². The first-order valence-corrected chi connectivity index (χ1v) is 6.47. The molecule has 0 spiro atoms. The van der Waals surface area contributed by atoms with E-state index in [1.165, 1.54) is 0 Å². The molecule has 5 heteroatoms. The Labute approximate surface area is 108 Å². The van der Waals surface area contributed by atoms with Crippen LogP contribution in [0.3, 0.4) is 0 Å². The Morgan fingerprint density at radius 1 is 1.33 bits per heavy atom. The monoisotopic (exact) mass is 247 g/mol. The van der Waals surface area contributed by atoms with Crippen LogP contribution < -0.4 is 5.73 Å². The quantitative estimate of drug-likeness (QED) is 0.903. The summed E-state index contributed by atoms with van der Waals surface area (Å²) >= 11 is 0. The molecule has 98 valence electrons. The SMILES string of the molecule is CCc1nc(-c2cncn2C(C)C)c(N)n1CC. The Bertz CT molecular complexity index is 536. The third-order valence-corrected chi connectivity index (χ3v) is 3.18. The molecule has 0 amide bonds. The number of aryl methyl sites for hydroxylation is 1. The summed E-state index contributed by atoms with van der Waals surface area (Å²) in [5, 5.41) is 0. The summed E-state index contributed by atoms with van der Waals surface area (Å²) in [4.78, 5) is 8.87. The minimum atomic E-state index is 0.346. The van der Waals surface area contributed by atoms with Gasteiger partial charge in [0.2, 0.25) is 0 Å². The lowest BCUT2D eigenvalue weighted by atomic mass is 10.3. The van der Waals surface area contributed by atoms with Crippen LogP contribution in [0.2, 0.25) is 0 Å². The van der Waals surface area contributed by atoms with Gasteiger partial charge in [-0.05, 0) is 20.8 Å². The van der Waals surface area contributed by atoms with Gasteiger partial charge in [0.15, 0.2) is 0 Å². The van der Waals surface area contributed by atoms with E-state index in [-0.39, 0.29) is 0 Å². The molecular formula is C13H21N5. The maximum Gasteiger partial charge on any atom is 0.133 e. The highest BCUT2D eigenvalue weighted by Crippen LogP contribution is 2.28. The van der Waals surface area contributed by atoms with E-state index in [0.29, 0.717) is 6.04 Å². The Hall–Kier alpha value is -1.78. The third-order valence-electron chi connectivity index (χ3n) is 3.18. The molecule has 0 unspecified atom stereocenters. The number of nitrogens with two attached hydrogens (primary N) is 1. The van der Waals surface area contributed by atoms with E-state index in [1.807, 2.05) is 12.5 Å². The van der Waals surface area contributed by atoms with E-state index in [4.69, 9.17) is 5.73 Å². The van der Waals surface area contributed by atoms with Crippen LogP contribution in [0.4, 0.5) is 5.82 Å². The second kappa shape index (κ2) is 4.84. The van der Waals surface area contributed by atoms with Gasteiger partial charge in [0.1, 0.15) is 17.3 Å². The molecule has 0 aromatic carbocycles. The zero-order valence-electron chi connectivity index (χ0n) is 11.5. The van der Waals surface area contributed by atoms with E-state index < -0.39 is 0 Å². The number of hydrogen-bond acceptors (Lipinski definition) is 3. The van der Waals surface area contributed by atoms with Crippen molar-refractivity contribution in [2.24, 2.45) is 0 Å². The first kappa shape index (κ1) is 12.7.